The van der Waals surface area contributed by atoms with Crippen LogP contribution in [0.2, 0.25) is 10.0 Å². The summed E-state index contributed by atoms with van der Waals surface area (Å²) in [4.78, 5) is 14.5. The first-order valence-electron chi connectivity index (χ1n) is 8.84. The Bertz CT molecular complexity index is 736. The third kappa shape index (κ3) is 5.29. The van der Waals surface area contributed by atoms with Crippen molar-refractivity contribution in [3.8, 4) is 0 Å². The molecule has 4 nitrogen and oxygen atoms in total. The lowest BCUT2D eigenvalue weighted by molar-refractivity contribution is -0.114. The third-order valence-electron chi connectivity index (χ3n) is 4.62. The number of anilines is 3. The number of piperidine rings is 1. The predicted molar refractivity (Wildman–Crippen MR) is 111 cm³/mol. The zero-order chi connectivity index (χ0) is 18.5. The highest BCUT2D eigenvalue weighted by Gasteiger charge is 2.15. The van der Waals surface area contributed by atoms with Gasteiger partial charge in [0, 0.05) is 40.2 Å². The van der Waals surface area contributed by atoms with Crippen molar-refractivity contribution in [3.63, 3.8) is 0 Å². The molecule has 0 atom stereocenters. The second kappa shape index (κ2) is 8.65. The van der Waals surface area contributed by atoms with E-state index in [1.165, 1.54) is 18.5 Å². The lowest BCUT2D eigenvalue weighted by Gasteiger charge is -2.32. The van der Waals surface area contributed by atoms with Gasteiger partial charge in [0.15, 0.2) is 0 Å². The van der Waals surface area contributed by atoms with E-state index < -0.39 is 0 Å². The Morgan fingerprint density at radius 3 is 2.27 bits per heavy atom. The van der Waals surface area contributed by atoms with Gasteiger partial charge in [-0.25, -0.2) is 0 Å². The number of halogens is 2. The van der Waals surface area contributed by atoms with Crippen LogP contribution in [0.4, 0.5) is 17.1 Å². The molecule has 1 amide bonds. The summed E-state index contributed by atoms with van der Waals surface area (Å²) in [5.74, 6) is 0.687. The molecule has 2 aromatic carbocycles. The first-order valence-corrected chi connectivity index (χ1v) is 9.60. The number of hydrogen-bond donors (Lipinski definition) is 2. The Morgan fingerprint density at radius 2 is 1.65 bits per heavy atom. The van der Waals surface area contributed by atoms with E-state index in [0.29, 0.717) is 15.7 Å². The minimum atomic E-state index is -0.124. The number of hydrogen-bond acceptors (Lipinski definition) is 3. The number of benzene rings is 2. The van der Waals surface area contributed by atoms with Crippen LogP contribution in [-0.4, -0.2) is 25.5 Å². The zero-order valence-electron chi connectivity index (χ0n) is 14.8. The van der Waals surface area contributed by atoms with Gasteiger partial charge in [-0.2, -0.15) is 0 Å². The summed E-state index contributed by atoms with van der Waals surface area (Å²) < 4.78 is 0. The minimum absolute atomic E-state index is 0.124. The van der Waals surface area contributed by atoms with E-state index in [2.05, 4.69) is 34.6 Å². The molecule has 0 bridgehead atoms. The van der Waals surface area contributed by atoms with Gasteiger partial charge in [0.2, 0.25) is 5.91 Å². The third-order valence-corrected chi connectivity index (χ3v) is 5.05. The maximum atomic E-state index is 12.1. The molecule has 1 heterocycles. The van der Waals surface area contributed by atoms with Crippen molar-refractivity contribution in [2.75, 3.05) is 35.2 Å². The van der Waals surface area contributed by atoms with Crippen LogP contribution in [0.15, 0.2) is 42.5 Å². The molecule has 1 fully saturated rings. The molecule has 1 aliphatic rings. The lowest BCUT2D eigenvalue weighted by atomic mass is 9.99. The second-order valence-electron chi connectivity index (χ2n) is 6.78. The molecular weight excluding hydrogens is 369 g/mol. The van der Waals surface area contributed by atoms with Gasteiger partial charge in [0.05, 0.1) is 6.54 Å². The van der Waals surface area contributed by atoms with Crippen LogP contribution in [0.1, 0.15) is 19.8 Å². The highest BCUT2D eigenvalue weighted by atomic mass is 35.5. The SMILES string of the molecule is CC1CCN(c2ccc(NC(=O)CNc3cc(Cl)cc(Cl)c3)cc2)CC1. The van der Waals surface area contributed by atoms with Gasteiger partial charge in [-0.05, 0) is 61.2 Å². The molecule has 0 aliphatic carbocycles. The summed E-state index contributed by atoms with van der Waals surface area (Å²) in [6.45, 7) is 4.64. The van der Waals surface area contributed by atoms with E-state index in [1.807, 2.05) is 12.1 Å². The average Bonchev–Trinajstić information content (AvgIpc) is 2.61. The van der Waals surface area contributed by atoms with Crippen molar-refractivity contribution in [1.82, 2.24) is 0 Å². The molecule has 0 radical (unpaired) electrons. The van der Waals surface area contributed by atoms with E-state index in [4.69, 9.17) is 23.2 Å². The first-order chi connectivity index (χ1) is 12.5. The molecule has 2 N–H and O–H groups in total. The van der Waals surface area contributed by atoms with Crippen LogP contribution in [0.3, 0.4) is 0 Å². The number of carbonyl (C=O) groups excluding carboxylic acids is 1. The molecule has 3 rings (SSSR count). The van der Waals surface area contributed by atoms with Crippen LogP contribution in [-0.2, 0) is 4.79 Å². The van der Waals surface area contributed by atoms with E-state index in [-0.39, 0.29) is 12.5 Å². The van der Waals surface area contributed by atoms with Crippen molar-refractivity contribution in [1.29, 1.82) is 0 Å². The molecular formula is C20H23Cl2N3O. The second-order valence-corrected chi connectivity index (χ2v) is 7.65. The van der Waals surface area contributed by atoms with Crippen molar-refractivity contribution in [2.24, 2.45) is 5.92 Å². The average molecular weight is 392 g/mol. The zero-order valence-corrected chi connectivity index (χ0v) is 16.3. The predicted octanol–water partition coefficient (Wildman–Crippen LogP) is 5.28. The molecule has 2 aromatic rings. The normalized spacial score (nSPS) is 15.0. The molecule has 1 saturated heterocycles. The lowest BCUT2D eigenvalue weighted by Crippen LogP contribution is -2.32. The van der Waals surface area contributed by atoms with Crippen LogP contribution in [0.25, 0.3) is 0 Å². The Hall–Kier alpha value is -1.91. The Balaban J connectivity index is 1.51. The smallest absolute Gasteiger partial charge is 0.243 e. The summed E-state index contributed by atoms with van der Waals surface area (Å²) in [5.41, 5.74) is 2.71. The van der Waals surface area contributed by atoms with E-state index in [1.54, 1.807) is 18.2 Å². The minimum Gasteiger partial charge on any atom is -0.376 e. The van der Waals surface area contributed by atoms with Crippen molar-refractivity contribution < 1.29 is 4.79 Å². The highest BCUT2D eigenvalue weighted by molar-refractivity contribution is 6.35. The van der Waals surface area contributed by atoms with Crippen molar-refractivity contribution in [3.05, 3.63) is 52.5 Å². The fraction of sp³-hybridized carbons (Fsp3) is 0.350. The van der Waals surface area contributed by atoms with Gasteiger partial charge in [0.1, 0.15) is 0 Å². The quantitative estimate of drug-likeness (QED) is 0.728. The monoisotopic (exact) mass is 391 g/mol. The largest absolute Gasteiger partial charge is 0.376 e. The fourth-order valence-corrected chi connectivity index (χ4v) is 3.59. The van der Waals surface area contributed by atoms with Crippen LogP contribution in [0, 0.1) is 5.92 Å². The molecule has 0 saturated carbocycles. The molecule has 0 unspecified atom stereocenters. The van der Waals surface area contributed by atoms with Gasteiger partial charge in [0.25, 0.3) is 0 Å². The summed E-state index contributed by atoms with van der Waals surface area (Å²) in [5, 5.41) is 6.98. The summed E-state index contributed by atoms with van der Waals surface area (Å²) in [6.07, 6.45) is 2.47. The summed E-state index contributed by atoms with van der Waals surface area (Å²) in [6, 6.07) is 13.1. The van der Waals surface area contributed by atoms with Gasteiger partial charge < -0.3 is 15.5 Å². The van der Waals surface area contributed by atoms with Crippen LogP contribution >= 0.6 is 23.2 Å². The Labute approximate surface area is 164 Å². The van der Waals surface area contributed by atoms with E-state index in [0.717, 1.165) is 24.7 Å². The number of rotatable bonds is 5. The van der Waals surface area contributed by atoms with Crippen LogP contribution in [0.5, 0.6) is 0 Å². The number of amides is 1. The van der Waals surface area contributed by atoms with E-state index in [9.17, 15) is 4.79 Å². The topological polar surface area (TPSA) is 44.4 Å². The molecule has 0 spiro atoms. The standard InChI is InChI=1S/C20H23Cl2N3O/c1-14-6-8-25(9-7-14)19-4-2-17(3-5-19)24-20(26)13-23-18-11-15(21)10-16(22)12-18/h2-5,10-12,14,23H,6-9,13H2,1H3,(H,24,26). The molecule has 0 aromatic heterocycles. The van der Waals surface area contributed by atoms with Gasteiger partial charge in [-0.15, -0.1) is 0 Å². The Kier molecular flexibility index (Phi) is 6.28. The summed E-state index contributed by atoms with van der Waals surface area (Å²) >= 11 is 11.9. The summed E-state index contributed by atoms with van der Waals surface area (Å²) in [7, 11) is 0. The first kappa shape index (κ1) is 18.9. The van der Waals surface area contributed by atoms with Gasteiger partial charge in [-0.3, -0.25) is 4.79 Å². The number of nitrogens with zero attached hydrogens (tertiary/aromatic N) is 1. The van der Waals surface area contributed by atoms with Crippen LogP contribution < -0.4 is 15.5 Å². The molecule has 138 valence electrons. The van der Waals surface area contributed by atoms with Crippen molar-refractivity contribution in [2.45, 2.75) is 19.8 Å². The highest BCUT2D eigenvalue weighted by Crippen LogP contribution is 2.24. The fourth-order valence-electron chi connectivity index (χ4n) is 3.07. The van der Waals surface area contributed by atoms with Crippen molar-refractivity contribution >= 4 is 46.2 Å². The van der Waals surface area contributed by atoms with Gasteiger partial charge >= 0.3 is 0 Å². The number of nitrogens with one attached hydrogen (secondary N) is 2. The molecule has 1 aliphatic heterocycles. The van der Waals surface area contributed by atoms with E-state index >= 15 is 0 Å². The number of carbonyl (C=O) groups is 1. The molecule has 6 heteroatoms. The molecule has 26 heavy (non-hydrogen) atoms. The maximum Gasteiger partial charge on any atom is 0.243 e. The maximum absolute atomic E-state index is 12.1. The van der Waals surface area contributed by atoms with Gasteiger partial charge in [-0.1, -0.05) is 30.1 Å². The Morgan fingerprint density at radius 1 is 1.04 bits per heavy atom.